The Morgan fingerprint density at radius 1 is 1.67 bits per heavy atom. The minimum atomic E-state index is 0.214. The molecule has 1 rings (SSSR count). The van der Waals surface area contributed by atoms with Gasteiger partial charge in [0.05, 0.1) is 11.9 Å². The molecule has 1 aromatic heterocycles. The van der Waals surface area contributed by atoms with Crippen molar-refractivity contribution in [1.82, 2.24) is 9.97 Å². The van der Waals surface area contributed by atoms with Crippen LogP contribution in [0.1, 0.15) is 13.3 Å². The van der Waals surface area contributed by atoms with E-state index in [9.17, 15) is 0 Å². The molecule has 0 aliphatic heterocycles. The number of hydrogen-bond donors (Lipinski definition) is 2. The standard InChI is InChI=1S/C9H15ClN4S/c1-3-6(5-15-2)13-8-7(11)4-12-9(10)14-8/h4,6H,3,5,11H2,1-2H3,(H,12,13,14). The number of halogens is 1. The van der Waals surface area contributed by atoms with Crippen molar-refractivity contribution in [1.29, 1.82) is 0 Å². The molecule has 0 spiro atoms. The number of anilines is 2. The molecule has 0 aliphatic carbocycles. The van der Waals surface area contributed by atoms with Crippen LogP contribution < -0.4 is 11.1 Å². The molecule has 15 heavy (non-hydrogen) atoms. The Morgan fingerprint density at radius 3 is 3.00 bits per heavy atom. The first-order valence-corrected chi connectivity index (χ1v) is 6.48. The zero-order chi connectivity index (χ0) is 11.3. The van der Waals surface area contributed by atoms with Crippen LogP contribution in [0.25, 0.3) is 0 Å². The molecule has 1 heterocycles. The molecule has 1 unspecified atom stereocenters. The minimum absolute atomic E-state index is 0.214. The first-order valence-electron chi connectivity index (χ1n) is 4.70. The van der Waals surface area contributed by atoms with Crippen molar-refractivity contribution >= 4 is 34.9 Å². The average molecular weight is 247 g/mol. The van der Waals surface area contributed by atoms with E-state index in [0.29, 0.717) is 17.5 Å². The molecule has 0 saturated carbocycles. The van der Waals surface area contributed by atoms with Gasteiger partial charge in [0.15, 0.2) is 5.82 Å². The Bertz CT molecular complexity index is 321. The lowest BCUT2D eigenvalue weighted by Gasteiger charge is -2.17. The first kappa shape index (κ1) is 12.4. The summed E-state index contributed by atoms with van der Waals surface area (Å²) in [6, 6.07) is 0.355. The van der Waals surface area contributed by atoms with Crippen molar-refractivity contribution < 1.29 is 0 Å². The Balaban J connectivity index is 2.73. The van der Waals surface area contributed by atoms with Crippen LogP contribution >= 0.6 is 23.4 Å². The molecule has 3 N–H and O–H groups in total. The zero-order valence-electron chi connectivity index (χ0n) is 8.83. The second kappa shape index (κ2) is 6.02. The number of nitrogens with zero attached hydrogens (tertiary/aromatic N) is 2. The lowest BCUT2D eigenvalue weighted by molar-refractivity contribution is 0.769. The summed E-state index contributed by atoms with van der Waals surface area (Å²) in [7, 11) is 0. The highest BCUT2D eigenvalue weighted by atomic mass is 35.5. The van der Waals surface area contributed by atoms with Gasteiger partial charge in [-0.25, -0.2) is 4.98 Å². The van der Waals surface area contributed by atoms with Crippen LogP contribution in [0.5, 0.6) is 0 Å². The monoisotopic (exact) mass is 246 g/mol. The van der Waals surface area contributed by atoms with E-state index in [1.807, 2.05) is 0 Å². The molecular formula is C9H15ClN4S. The van der Waals surface area contributed by atoms with Gasteiger partial charge in [0.2, 0.25) is 5.28 Å². The number of aromatic nitrogens is 2. The molecule has 1 atom stereocenters. The fourth-order valence-electron chi connectivity index (χ4n) is 1.14. The normalized spacial score (nSPS) is 12.5. The summed E-state index contributed by atoms with van der Waals surface area (Å²) in [4.78, 5) is 7.85. The zero-order valence-corrected chi connectivity index (χ0v) is 10.4. The van der Waals surface area contributed by atoms with Crippen molar-refractivity contribution in [3.05, 3.63) is 11.5 Å². The topological polar surface area (TPSA) is 63.8 Å². The van der Waals surface area contributed by atoms with E-state index in [4.69, 9.17) is 17.3 Å². The van der Waals surface area contributed by atoms with Gasteiger partial charge in [-0.2, -0.15) is 16.7 Å². The third-order valence-corrected chi connectivity index (χ3v) is 2.91. The van der Waals surface area contributed by atoms with Gasteiger partial charge in [0, 0.05) is 11.8 Å². The third kappa shape index (κ3) is 3.76. The van der Waals surface area contributed by atoms with Crippen LogP contribution in [-0.4, -0.2) is 28.0 Å². The maximum Gasteiger partial charge on any atom is 0.224 e. The minimum Gasteiger partial charge on any atom is -0.394 e. The van der Waals surface area contributed by atoms with Crippen LogP contribution in [-0.2, 0) is 0 Å². The fourth-order valence-corrected chi connectivity index (χ4v) is 2.00. The SMILES string of the molecule is CCC(CSC)Nc1nc(Cl)ncc1N. The highest BCUT2D eigenvalue weighted by Crippen LogP contribution is 2.18. The number of nitrogen functional groups attached to an aromatic ring is 1. The van der Waals surface area contributed by atoms with Crippen molar-refractivity contribution in [3.63, 3.8) is 0 Å². The van der Waals surface area contributed by atoms with E-state index >= 15 is 0 Å². The Morgan fingerprint density at radius 2 is 2.40 bits per heavy atom. The van der Waals surface area contributed by atoms with Gasteiger partial charge >= 0.3 is 0 Å². The van der Waals surface area contributed by atoms with E-state index in [2.05, 4.69) is 28.5 Å². The van der Waals surface area contributed by atoms with Gasteiger partial charge < -0.3 is 11.1 Å². The van der Waals surface area contributed by atoms with Gasteiger partial charge in [-0.05, 0) is 24.3 Å². The van der Waals surface area contributed by atoms with Gasteiger partial charge in [0.25, 0.3) is 0 Å². The summed E-state index contributed by atoms with van der Waals surface area (Å²) in [5, 5.41) is 3.47. The lowest BCUT2D eigenvalue weighted by atomic mass is 10.2. The lowest BCUT2D eigenvalue weighted by Crippen LogP contribution is -2.22. The number of hydrogen-bond acceptors (Lipinski definition) is 5. The van der Waals surface area contributed by atoms with E-state index < -0.39 is 0 Å². The molecule has 0 bridgehead atoms. The average Bonchev–Trinajstić information content (AvgIpc) is 2.22. The second-order valence-electron chi connectivity index (χ2n) is 3.15. The molecule has 0 amide bonds. The van der Waals surface area contributed by atoms with Crippen LogP contribution in [0.2, 0.25) is 5.28 Å². The van der Waals surface area contributed by atoms with Crippen molar-refractivity contribution in [3.8, 4) is 0 Å². The van der Waals surface area contributed by atoms with Gasteiger partial charge in [0.1, 0.15) is 0 Å². The van der Waals surface area contributed by atoms with Crippen molar-refractivity contribution in [2.75, 3.05) is 23.1 Å². The fraction of sp³-hybridized carbons (Fsp3) is 0.556. The molecule has 0 aromatic carbocycles. The number of nitrogens with one attached hydrogen (secondary N) is 1. The van der Waals surface area contributed by atoms with E-state index in [1.165, 1.54) is 6.20 Å². The Kier molecular flexibility index (Phi) is 4.98. The van der Waals surface area contributed by atoms with E-state index in [-0.39, 0.29) is 5.28 Å². The highest BCUT2D eigenvalue weighted by Gasteiger charge is 2.09. The van der Waals surface area contributed by atoms with Crippen LogP contribution in [0.3, 0.4) is 0 Å². The van der Waals surface area contributed by atoms with Crippen LogP contribution in [0.15, 0.2) is 6.20 Å². The largest absolute Gasteiger partial charge is 0.394 e. The molecule has 6 heteroatoms. The summed E-state index contributed by atoms with van der Waals surface area (Å²) in [5.74, 6) is 1.63. The smallest absolute Gasteiger partial charge is 0.224 e. The molecule has 0 saturated heterocycles. The molecule has 0 fully saturated rings. The molecule has 0 aliphatic rings. The maximum absolute atomic E-state index is 5.74. The molecule has 0 radical (unpaired) electrons. The Labute approximate surface area is 99.0 Å². The summed E-state index contributed by atoms with van der Waals surface area (Å²) >= 11 is 7.48. The van der Waals surface area contributed by atoms with Gasteiger partial charge in [-0.3, -0.25) is 0 Å². The highest BCUT2D eigenvalue weighted by molar-refractivity contribution is 7.98. The number of nitrogens with two attached hydrogens (primary N) is 1. The van der Waals surface area contributed by atoms with Gasteiger partial charge in [-0.1, -0.05) is 6.92 Å². The van der Waals surface area contributed by atoms with E-state index in [0.717, 1.165) is 12.2 Å². The predicted molar refractivity (Wildman–Crippen MR) is 67.5 cm³/mol. The summed E-state index contributed by atoms with van der Waals surface area (Å²) in [6.45, 7) is 2.12. The van der Waals surface area contributed by atoms with E-state index in [1.54, 1.807) is 11.8 Å². The number of thioether (sulfide) groups is 1. The molecule has 84 valence electrons. The van der Waals surface area contributed by atoms with Crippen LogP contribution in [0.4, 0.5) is 11.5 Å². The van der Waals surface area contributed by atoms with Gasteiger partial charge in [-0.15, -0.1) is 0 Å². The maximum atomic E-state index is 5.74. The molecular weight excluding hydrogens is 232 g/mol. The Hall–Kier alpha value is -0.680. The summed E-state index contributed by atoms with van der Waals surface area (Å²) in [6.07, 6.45) is 4.60. The predicted octanol–water partition coefficient (Wildman–Crippen LogP) is 2.27. The van der Waals surface area contributed by atoms with Crippen LogP contribution in [0, 0.1) is 0 Å². The first-order chi connectivity index (χ1) is 7.17. The van der Waals surface area contributed by atoms with Crippen molar-refractivity contribution in [2.45, 2.75) is 19.4 Å². The second-order valence-corrected chi connectivity index (χ2v) is 4.40. The summed E-state index contributed by atoms with van der Waals surface area (Å²) < 4.78 is 0. The third-order valence-electron chi connectivity index (χ3n) is 1.99. The van der Waals surface area contributed by atoms with Crippen molar-refractivity contribution in [2.24, 2.45) is 0 Å². The molecule has 4 nitrogen and oxygen atoms in total. The summed E-state index contributed by atoms with van der Waals surface area (Å²) in [5.41, 5.74) is 6.26. The molecule has 1 aromatic rings. The number of rotatable bonds is 5. The quantitative estimate of drug-likeness (QED) is 0.781.